The minimum atomic E-state index is 0.485. The number of H-pyrrole nitrogens is 1. The summed E-state index contributed by atoms with van der Waals surface area (Å²) in [5.74, 6) is 0. The SMILES string of the molecule is Cc1[nH]ncc1CNc1ccc(N)c(C#N)c1. The number of hydrogen-bond acceptors (Lipinski definition) is 4. The van der Waals surface area contributed by atoms with Crippen LogP contribution in [0, 0.1) is 18.3 Å². The fourth-order valence-electron chi connectivity index (χ4n) is 1.51. The van der Waals surface area contributed by atoms with Gasteiger partial charge in [-0.05, 0) is 25.1 Å². The van der Waals surface area contributed by atoms with Crippen molar-refractivity contribution in [3.63, 3.8) is 0 Å². The largest absolute Gasteiger partial charge is 0.398 e. The lowest BCUT2D eigenvalue weighted by atomic mass is 10.1. The lowest BCUT2D eigenvalue weighted by molar-refractivity contribution is 1.04. The van der Waals surface area contributed by atoms with E-state index in [-0.39, 0.29) is 0 Å². The number of hydrogen-bond donors (Lipinski definition) is 3. The Kier molecular flexibility index (Phi) is 2.97. The van der Waals surface area contributed by atoms with Crippen LogP contribution in [0.5, 0.6) is 0 Å². The molecule has 0 amide bonds. The van der Waals surface area contributed by atoms with E-state index < -0.39 is 0 Å². The molecule has 0 atom stereocenters. The molecule has 86 valence electrons. The van der Waals surface area contributed by atoms with Gasteiger partial charge in [-0.2, -0.15) is 10.4 Å². The summed E-state index contributed by atoms with van der Waals surface area (Å²) in [6, 6.07) is 7.38. The molecule has 1 heterocycles. The van der Waals surface area contributed by atoms with Crippen LogP contribution in [0.2, 0.25) is 0 Å². The maximum atomic E-state index is 8.87. The highest BCUT2D eigenvalue weighted by molar-refractivity contribution is 5.61. The summed E-state index contributed by atoms with van der Waals surface area (Å²) in [6.45, 7) is 2.63. The van der Waals surface area contributed by atoms with Gasteiger partial charge in [0.2, 0.25) is 0 Å². The molecule has 0 aliphatic carbocycles. The molecule has 0 fully saturated rings. The van der Waals surface area contributed by atoms with Gasteiger partial charge in [-0.3, -0.25) is 5.10 Å². The first kappa shape index (κ1) is 11.0. The number of aromatic amines is 1. The van der Waals surface area contributed by atoms with E-state index in [1.165, 1.54) is 0 Å². The van der Waals surface area contributed by atoms with Crippen molar-refractivity contribution < 1.29 is 0 Å². The van der Waals surface area contributed by atoms with E-state index in [0.29, 0.717) is 17.8 Å². The number of nitrogens with two attached hydrogens (primary N) is 1. The predicted octanol–water partition coefficient (Wildman–Crippen LogP) is 1.78. The second kappa shape index (κ2) is 4.58. The summed E-state index contributed by atoms with van der Waals surface area (Å²) in [5, 5.41) is 18.9. The van der Waals surface area contributed by atoms with Gasteiger partial charge in [0.25, 0.3) is 0 Å². The first-order valence-electron chi connectivity index (χ1n) is 5.23. The van der Waals surface area contributed by atoms with Crippen LogP contribution in [0.1, 0.15) is 16.8 Å². The molecular weight excluding hydrogens is 214 g/mol. The van der Waals surface area contributed by atoms with E-state index in [1.54, 1.807) is 18.3 Å². The van der Waals surface area contributed by atoms with Crippen molar-refractivity contribution in [2.24, 2.45) is 0 Å². The van der Waals surface area contributed by atoms with Crippen LogP contribution in [0.4, 0.5) is 11.4 Å². The van der Waals surface area contributed by atoms with E-state index in [1.807, 2.05) is 13.0 Å². The quantitative estimate of drug-likeness (QED) is 0.697. The second-order valence-electron chi connectivity index (χ2n) is 3.79. The van der Waals surface area contributed by atoms with Crippen molar-refractivity contribution in [3.05, 3.63) is 41.2 Å². The molecule has 0 radical (unpaired) electrons. The summed E-state index contributed by atoms with van der Waals surface area (Å²) in [7, 11) is 0. The smallest absolute Gasteiger partial charge is 0.101 e. The minimum absolute atomic E-state index is 0.485. The molecule has 5 heteroatoms. The Morgan fingerprint density at radius 1 is 1.53 bits per heavy atom. The number of rotatable bonds is 3. The van der Waals surface area contributed by atoms with Gasteiger partial charge in [-0.15, -0.1) is 0 Å². The Morgan fingerprint density at radius 2 is 2.35 bits per heavy atom. The number of nitrogens with zero attached hydrogens (tertiary/aromatic N) is 2. The lowest BCUT2D eigenvalue weighted by Crippen LogP contribution is -2.01. The van der Waals surface area contributed by atoms with Crippen LogP contribution in [0.25, 0.3) is 0 Å². The first-order valence-corrected chi connectivity index (χ1v) is 5.23. The lowest BCUT2D eigenvalue weighted by Gasteiger charge is -2.07. The number of benzene rings is 1. The highest BCUT2D eigenvalue weighted by Crippen LogP contribution is 2.17. The fraction of sp³-hybridized carbons (Fsp3) is 0.167. The normalized spacial score (nSPS) is 9.88. The van der Waals surface area contributed by atoms with Crippen LogP contribution in [0.15, 0.2) is 24.4 Å². The fourth-order valence-corrected chi connectivity index (χ4v) is 1.51. The third kappa shape index (κ3) is 2.37. The molecule has 0 saturated carbocycles. The number of nitrogen functional groups attached to an aromatic ring is 1. The highest BCUT2D eigenvalue weighted by Gasteiger charge is 2.02. The topological polar surface area (TPSA) is 90.5 Å². The predicted molar refractivity (Wildman–Crippen MR) is 66.2 cm³/mol. The van der Waals surface area contributed by atoms with E-state index in [0.717, 1.165) is 16.9 Å². The van der Waals surface area contributed by atoms with Gasteiger partial charge in [0.1, 0.15) is 6.07 Å². The average Bonchev–Trinajstić information content (AvgIpc) is 2.74. The van der Waals surface area contributed by atoms with Gasteiger partial charge in [0.15, 0.2) is 0 Å². The monoisotopic (exact) mass is 227 g/mol. The zero-order valence-corrected chi connectivity index (χ0v) is 9.49. The molecule has 2 aromatic rings. The molecule has 1 aromatic heterocycles. The standard InChI is InChI=1S/C12H13N5/c1-8-10(7-16-17-8)6-15-11-2-3-12(14)9(4-11)5-13/h2-4,7,15H,6,14H2,1H3,(H,16,17). The molecule has 0 saturated heterocycles. The Labute approximate surface area is 99.3 Å². The van der Waals surface area contributed by atoms with Crippen molar-refractivity contribution in [2.75, 3.05) is 11.1 Å². The molecule has 0 bridgehead atoms. The molecule has 0 aliphatic rings. The minimum Gasteiger partial charge on any atom is -0.398 e. The third-order valence-corrected chi connectivity index (χ3v) is 2.59. The molecule has 5 nitrogen and oxygen atoms in total. The summed E-state index contributed by atoms with van der Waals surface area (Å²) in [4.78, 5) is 0. The molecule has 0 aliphatic heterocycles. The number of anilines is 2. The van der Waals surface area contributed by atoms with Gasteiger partial charge in [0.05, 0.1) is 11.8 Å². The van der Waals surface area contributed by atoms with Gasteiger partial charge < -0.3 is 11.1 Å². The first-order chi connectivity index (χ1) is 8.20. The summed E-state index contributed by atoms with van der Waals surface area (Å²) < 4.78 is 0. The summed E-state index contributed by atoms with van der Waals surface area (Å²) in [5.41, 5.74) is 9.64. The Morgan fingerprint density at radius 3 is 3.00 bits per heavy atom. The molecule has 0 spiro atoms. The molecule has 4 N–H and O–H groups in total. The van der Waals surface area contributed by atoms with Crippen molar-refractivity contribution in [3.8, 4) is 6.07 Å². The van der Waals surface area contributed by atoms with E-state index >= 15 is 0 Å². The van der Waals surface area contributed by atoms with E-state index in [2.05, 4.69) is 21.6 Å². The Hall–Kier alpha value is -2.48. The average molecular weight is 227 g/mol. The molecule has 17 heavy (non-hydrogen) atoms. The van der Waals surface area contributed by atoms with Crippen molar-refractivity contribution in [1.82, 2.24) is 10.2 Å². The Bertz CT molecular complexity index is 565. The van der Waals surface area contributed by atoms with Gasteiger partial charge in [-0.1, -0.05) is 0 Å². The highest BCUT2D eigenvalue weighted by atomic mass is 15.1. The van der Waals surface area contributed by atoms with Crippen LogP contribution < -0.4 is 11.1 Å². The van der Waals surface area contributed by atoms with Crippen molar-refractivity contribution >= 4 is 11.4 Å². The van der Waals surface area contributed by atoms with Gasteiger partial charge in [-0.25, -0.2) is 0 Å². The van der Waals surface area contributed by atoms with Crippen molar-refractivity contribution in [1.29, 1.82) is 5.26 Å². The summed E-state index contributed by atoms with van der Waals surface area (Å²) >= 11 is 0. The van der Waals surface area contributed by atoms with E-state index in [9.17, 15) is 0 Å². The number of aromatic nitrogens is 2. The van der Waals surface area contributed by atoms with Crippen LogP contribution >= 0.6 is 0 Å². The molecule has 2 rings (SSSR count). The maximum absolute atomic E-state index is 8.87. The summed E-state index contributed by atoms with van der Waals surface area (Å²) in [6.07, 6.45) is 1.78. The molecule has 1 aromatic carbocycles. The zero-order valence-electron chi connectivity index (χ0n) is 9.49. The van der Waals surface area contributed by atoms with Crippen LogP contribution in [-0.2, 0) is 6.54 Å². The third-order valence-electron chi connectivity index (χ3n) is 2.59. The number of aryl methyl sites for hydroxylation is 1. The van der Waals surface area contributed by atoms with Gasteiger partial charge in [0, 0.05) is 29.2 Å². The van der Waals surface area contributed by atoms with Gasteiger partial charge >= 0.3 is 0 Å². The molecular formula is C12H13N5. The van der Waals surface area contributed by atoms with Crippen LogP contribution in [-0.4, -0.2) is 10.2 Å². The van der Waals surface area contributed by atoms with E-state index in [4.69, 9.17) is 11.0 Å². The zero-order chi connectivity index (χ0) is 12.3. The molecule has 0 unspecified atom stereocenters. The number of nitrogens with one attached hydrogen (secondary N) is 2. The Balaban J connectivity index is 2.10. The second-order valence-corrected chi connectivity index (χ2v) is 3.79. The van der Waals surface area contributed by atoms with Crippen LogP contribution in [0.3, 0.4) is 0 Å². The number of nitriles is 1. The van der Waals surface area contributed by atoms with Crippen molar-refractivity contribution in [2.45, 2.75) is 13.5 Å². The maximum Gasteiger partial charge on any atom is 0.101 e.